The molecule has 3 nitrogen and oxygen atoms in total. The van der Waals surface area contributed by atoms with Gasteiger partial charge in [0, 0.05) is 15.6 Å². The van der Waals surface area contributed by atoms with Crippen molar-refractivity contribution in [3.05, 3.63) is 21.9 Å². The van der Waals surface area contributed by atoms with Gasteiger partial charge >= 0.3 is 0 Å². The fourth-order valence-corrected chi connectivity index (χ4v) is 3.41. The number of benzene rings is 1. The average molecular weight is 318 g/mol. The minimum atomic E-state index is -0.424. The predicted octanol–water partition coefficient (Wildman–Crippen LogP) is 3.20. The molecule has 0 aromatic heterocycles. The molecule has 1 unspecified atom stereocenters. The van der Waals surface area contributed by atoms with Crippen molar-refractivity contribution in [3.8, 4) is 11.5 Å². The lowest BCUT2D eigenvalue weighted by Crippen LogP contribution is -2.34. The van der Waals surface area contributed by atoms with Gasteiger partial charge in [-0.1, -0.05) is 15.9 Å². The molecule has 18 heavy (non-hydrogen) atoms. The van der Waals surface area contributed by atoms with Crippen LogP contribution in [0, 0.1) is 5.82 Å². The molecular weight excluding hydrogens is 301 g/mol. The Labute approximate surface area is 115 Å². The van der Waals surface area contributed by atoms with Crippen molar-refractivity contribution >= 4 is 15.9 Å². The molecule has 0 saturated carbocycles. The van der Waals surface area contributed by atoms with Crippen LogP contribution >= 0.6 is 15.9 Å². The van der Waals surface area contributed by atoms with Gasteiger partial charge in [-0.15, -0.1) is 0 Å². The molecule has 1 fully saturated rings. The molecule has 0 radical (unpaired) electrons. The van der Waals surface area contributed by atoms with E-state index in [0.29, 0.717) is 10.2 Å². The minimum Gasteiger partial charge on any atom is -0.492 e. The van der Waals surface area contributed by atoms with E-state index in [4.69, 9.17) is 9.47 Å². The summed E-state index contributed by atoms with van der Waals surface area (Å²) in [5.74, 6) is 0.193. The van der Waals surface area contributed by atoms with Crippen molar-refractivity contribution in [2.75, 3.05) is 20.8 Å². The fourth-order valence-electron chi connectivity index (χ4n) is 2.59. The highest BCUT2D eigenvalue weighted by Crippen LogP contribution is 2.46. The first-order valence-corrected chi connectivity index (χ1v) is 6.68. The highest BCUT2D eigenvalue weighted by atomic mass is 79.9. The lowest BCUT2D eigenvalue weighted by atomic mass is 9.89. The predicted molar refractivity (Wildman–Crippen MR) is 71.8 cm³/mol. The van der Waals surface area contributed by atoms with Crippen molar-refractivity contribution < 1.29 is 13.9 Å². The SMILES string of the molecule is COc1c(F)cc(Br)c(C2(C)CCCN2)c1OC. The fraction of sp³-hybridized carbons (Fsp3) is 0.538. The van der Waals surface area contributed by atoms with Gasteiger partial charge < -0.3 is 14.8 Å². The Bertz CT molecular complexity index is 459. The van der Waals surface area contributed by atoms with E-state index in [2.05, 4.69) is 28.2 Å². The van der Waals surface area contributed by atoms with Gasteiger partial charge in [0.05, 0.1) is 14.2 Å². The molecule has 1 aromatic carbocycles. The van der Waals surface area contributed by atoms with E-state index in [1.54, 1.807) is 0 Å². The maximum Gasteiger partial charge on any atom is 0.197 e. The van der Waals surface area contributed by atoms with Gasteiger partial charge in [-0.2, -0.15) is 0 Å². The topological polar surface area (TPSA) is 30.5 Å². The van der Waals surface area contributed by atoms with Crippen LogP contribution in [0.1, 0.15) is 25.3 Å². The summed E-state index contributed by atoms with van der Waals surface area (Å²) in [6.45, 7) is 3.05. The Kier molecular flexibility index (Phi) is 3.82. The summed E-state index contributed by atoms with van der Waals surface area (Å²) in [6.07, 6.45) is 2.07. The van der Waals surface area contributed by atoms with Crippen LogP contribution in [0.5, 0.6) is 11.5 Å². The molecule has 100 valence electrons. The van der Waals surface area contributed by atoms with Crippen LogP contribution in [0.4, 0.5) is 4.39 Å². The van der Waals surface area contributed by atoms with Gasteiger partial charge in [0.15, 0.2) is 17.3 Å². The Hall–Kier alpha value is -0.810. The maximum atomic E-state index is 13.8. The van der Waals surface area contributed by atoms with Gasteiger partial charge in [0.2, 0.25) is 0 Å². The van der Waals surface area contributed by atoms with E-state index in [9.17, 15) is 4.39 Å². The van der Waals surface area contributed by atoms with Gasteiger partial charge in [-0.05, 0) is 32.4 Å². The number of hydrogen-bond acceptors (Lipinski definition) is 3. The summed E-state index contributed by atoms with van der Waals surface area (Å²) < 4.78 is 25.0. The summed E-state index contributed by atoms with van der Waals surface area (Å²) in [6, 6.07) is 1.43. The Morgan fingerprint density at radius 2 is 2.00 bits per heavy atom. The van der Waals surface area contributed by atoms with Gasteiger partial charge in [0.1, 0.15) is 0 Å². The summed E-state index contributed by atoms with van der Waals surface area (Å²) >= 11 is 3.43. The van der Waals surface area contributed by atoms with E-state index in [0.717, 1.165) is 24.9 Å². The van der Waals surface area contributed by atoms with Crippen LogP contribution in [-0.4, -0.2) is 20.8 Å². The second kappa shape index (κ2) is 5.05. The molecule has 1 aromatic rings. The van der Waals surface area contributed by atoms with Crippen molar-refractivity contribution in [1.29, 1.82) is 0 Å². The quantitative estimate of drug-likeness (QED) is 0.928. The second-order valence-corrected chi connectivity index (χ2v) is 5.50. The molecule has 1 aliphatic heterocycles. The number of nitrogens with one attached hydrogen (secondary N) is 1. The molecule has 1 aliphatic rings. The molecule has 2 rings (SSSR count). The lowest BCUT2D eigenvalue weighted by Gasteiger charge is -2.29. The highest BCUT2D eigenvalue weighted by Gasteiger charge is 2.36. The number of halogens is 2. The Balaban J connectivity index is 2.65. The normalized spacial score (nSPS) is 23.2. The van der Waals surface area contributed by atoms with Crippen LogP contribution in [0.2, 0.25) is 0 Å². The monoisotopic (exact) mass is 317 g/mol. The first-order valence-electron chi connectivity index (χ1n) is 5.89. The third-order valence-corrected chi connectivity index (χ3v) is 4.10. The van der Waals surface area contributed by atoms with Gasteiger partial charge in [-0.3, -0.25) is 0 Å². The van der Waals surface area contributed by atoms with Gasteiger partial charge in [-0.25, -0.2) is 4.39 Å². The molecule has 0 bridgehead atoms. The van der Waals surface area contributed by atoms with Crippen molar-refractivity contribution in [2.45, 2.75) is 25.3 Å². The molecule has 0 aliphatic carbocycles. The maximum absolute atomic E-state index is 13.8. The van der Waals surface area contributed by atoms with E-state index in [1.807, 2.05) is 0 Å². The number of methoxy groups -OCH3 is 2. The molecule has 1 saturated heterocycles. The van der Waals surface area contributed by atoms with Crippen LogP contribution in [0.3, 0.4) is 0 Å². The summed E-state index contributed by atoms with van der Waals surface area (Å²) in [7, 11) is 2.98. The number of hydrogen-bond donors (Lipinski definition) is 1. The zero-order chi connectivity index (χ0) is 13.3. The van der Waals surface area contributed by atoms with Crippen LogP contribution in [0.15, 0.2) is 10.5 Å². The van der Waals surface area contributed by atoms with Crippen molar-refractivity contribution in [3.63, 3.8) is 0 Å². The first-order chi connectivity index (χ1) is 8.53. The molecule has 1 heterocycles. The molecule has 5 heteroatoms. The molecule has 0 amide bonds. The zero-order valence-electron chi connectivity index (χ0n) is 10.8. The standard InChI is InChI=1S/C13H17BrFNO2/c1-13(5-4-6-16-13)10-8(14)7-9(15)11(17-2)12(10)18-3/h7,16H,4-6H2,1-3H3. The Morgan fingerprint density at radius 1 is 1.33 bits per heavy atom. The van der Waals surface area contributed by atoms with E-state index >= 15 is 0 Å². The lowest BCUT2D eigenvalue weighted by molar-refractivity contribution is 0.319. The van der Waals surface area contributed by atoms with Crippen LogP contribution < -0.4 is 14.8 Å². The average Bonchev–Trinajstić information content (AvgIpc) is 2.75. The van der Waals surface area contributed by atoms with E-state index in [1.165, 1.54) is 20.3 Å². The summed E-state index contributed by atoms with van der Waals surface area (Å²) in [5, 5.41) is 3.45. The highest BCUT2D eigenvalue weighted by molar-refractivity contribution is 9.10. The van der Waals surface area contributed by atoms with E-state index < -0.39 is 5.82 Å². The summed E-state index contributed by atoms with van der Waals surface area (Å²) in [5.41, 5.74) is 0.700. The Morgan fingerprint density at radius 3 is 2.50 bits per heavy atom. The molecule has 1 atom stereocenters. The second-order valence-electron chi connectivity index (χ2n) is 4.64. The summed E-state index contributed by atoms with van der Waals surface area (Å²) in [4.78, 5) is 0. The third kappa shape index (κ3) is 2.10. The third-order valence-electron chi connectivity index (χ3n) is 3.47. The van der Waals surface area contributed by atoms with Crippen LogP contribution in [-0.2, 0) is 5.54 Å². The first kappa shape index (κ1) is 13.6. The largest absolute Gasteiger partial charge is 0.492 e. The van der Waals surface area contributed by atoms with E-state index in [-0.39, 0.29) is 11.3 Å². The molecular formula is C13H17BrFNO2. The minimum absolute atomic E-state index is 0.158. The van der Waals surface area contributed by atoms with Crippen molar-refractivity contribution in [2.24, 2.45) is 0 Å². The number of rotatable bonds is 3. The zero-order valence-corrected chi connectivity index (χ0v) is 12.4. The van der Waals surface area contributed by atoms with Crippen LogP contribution in [0.25, 0.3) is 0 Å². The van der Waals surface area contributed by atoms with Gasteiger partial charge in [0.25, 0.3) is 0 Å². The molecule has 0 spiro atoms. The van der Waals surface area contributed by atoms with Crippen molar-refractivity contribution in [1.82, 2.24) is 5.32 Å². The molecule has 1 N–H and O–H groups in total. The number of ether oxygens (including phenoxy) is 2. The smallest absolute Gasteiger partial charge is 0.197 e.